The number of hydrogen-bond donors (Lipinski definition) is 0. The number of aryl methyl sites for hydroxylation is 2. The second-order valence-electron chi connectivity index (χ2n) is 7.17. The maximum Gasteiger partial charge on any atom is 0.228 e. The maximum atomic E-state index is 13.0. The van der Waals surface area contributed by atoms with E-state index in [0.29, 0.717) is 18.7 Å². The van der Waals surface area contributed by atoms with Gasteiger partial charge in [0.25, 0.3) is 0 Å². The number of nitriles is 1. The molecule has 1 amide bonds. The van der Waals surface area contributed by atoms with Crippen LogP contribution >= 0.6 is 11.3 Å². The van der Waals surface area contributed by atoms with Crippen molar-refractivity contribution >= 4 is 23.1 Å². The van der Waals surface area contributed by atoms with E-state index < -0.39 is 0 Å². The minimum absolute atomic E-state index is 0.0402. The first-order chi connectivity index (χ1) is 12.6. The quantitative estimate of drug-likeness (QED) is 0.834. The average molecular weight is 367 g/mol. The number of pyridine rings is 1. The van der Waals surface area contributed by atoms with Crippen molar-refractivity contribution in [3.05, 3.63) is 39.5 Å². The van der Waals surface area contributed by atoms with E-state index in [-0.39, 0.29) is 17.9 Å². The number of nitrogens with zero attached hydrogens (tertiary/aromatic N) is 5. The number of hydrogen-bond acceptors (Lipinski definition) is 6. The lowest BCUT2D eigenvalue weighted by atomic mass is 9.94. The van der Waals surface area contributed by atoms with Gasteiger partial charge in [0.1, 0.15) is 11.9 Å². The van der Waals surface area contributed by atoms with Gasteiger partial charge in [-0.3, -0.25) is 4.79 Å². The Morgan fingerprint density at radius 3 is 2.92 bits per heavy atom. The molecule has 3 fully saturated rings. The van der Waals surface area contributed by atoms with Crippen molar-refractivity contribution in [2.75, 3.05) is 18.0 Å². The van der Waals surface area contributed by atoms with Crippen molar-refractivity contribution < 1.29 is 4.79 Å². The van der Waals surface area contributed by atoms with Crippen LogP contribution in [0.3, 0.4) is 0 Å². The van der Waals surface area contributed by atoms with Crippen molar-refractivity contribution in [1.29, 1.82) is 5.26 Å². The highest BCUT2D eigenvalue weighted by Crippen LogP contribution is 2.33. The van der Waals surface area contributed by atoms with Crippen molar-refractivity contribution in [3.8, 4) is 6.07 Å². The summed E-state index contributed by atoms with van der Waals surface area (Å²) in [6.45, 7) is 5.82. The van der Waals surface area contributed by atoms with Crippen LogP contribution in [0.4, 0.5) is 5.82 Å². The zero-order valence-electron chi connectivity index (χ0n) is 15.0. The SMILES string of the molecule is Cc1cc(C)c(C#N)c(N2C[C@H]3CC[C@@H](C2)N(Cc2cscn2)C3=O)n1. The topological polar surface area (TPSA) is 73.1 Å². The molecule has 2 aromatic rings. The van der Waals surface area contributed by atoms with Crippen LogP contribution in [0.5, 0.6) is 0 Å². The first-order valence-electron chi connectivity index (χ1n) is 8.87. The van der Waals surface area contributed by atoms with Crippen molar-refractivity contribution in [1.82, 2.24) is 14.9 Å². The van der Waals surface area contributed by atoms with Gasteiger partial charge in [-0.1, -0.05) is 0 Å². The molecule has 26 heavy (non-hydrogen) atoms. The van der Waals surface area contributed by atoms with Crippen LogP contribution in [0.15, 0.2) is 17.0 Å². The molecule has 0 spiro atoms. The predicted molar refractivity (Wildman–Crippen MR) is 99.8 cm³/mol. The van der Waals surface area contributed by atoms with E-state index in [9.17, 15) is 10.1 Å². The molecule has 0 saturated carbocycles. The van der Waals surface area contributed by atoms with Gasteiger partial charge in [0.05, 0.1) is 29.2 Å². The van der Waals surface area contributed by atoms with E-state index in [4.69, 9.17) is 0 Å². The molecule has 2 aromatic heterocycles. The Bertz CT molecular complexity index is 873. The minimum atomic E-state index is -0.0402. The molecule has 0 unspecified atom stereocenters. The number of carbonyl (C=O) groups excluding carboxylic acids is 1. The smallest absolute Gasteiger partial charge is 0.228 e. The number of fused-ring (bicyclic) bond motifs is 4. The summed E-state index contributed by atoms with van der Waals surface area (Å²) in [5.74, 6) is 0.895. The van der Waals surface area contributed by atoms with E-state index in [1.165, 1.54) is 0 Å². The number of rotatable bonds is 3. The molecule has 0 aliphatic carbocycles. The number of thiazole rings is 1. The second-order valence-corrected chi connectivity index (χ2v) is 7.89. The monoisotopic (exact) mass is 367 g/mol. The Morgan fingerprint density at radius 1 is 1.35 bits per heavy atom. The third kappa shape index (κ3) is 2.95. The first kappa shape index (κ1) is 17.0. The number of anilines is 1. The van der Waals surface area contributed by atoms with E-state index >= 15 is 0 Å². The van der Waals surface area contributed by atoms with Crippen LogP contribution in [-0.4, -0.2) is 39.9 Å². The highest BCUT2D eigenvalue weighted by Gasteiger charge is 2.41. The molecule has 0 radical (unpaired) electrons. The highest BCUT2D eigenvalue weighted by atomic mass is 32.1. The lowest BCUT2D eigenvalue weighted by molar-refractivity contribution is -0.140. The van der Waals surface area contributed by atoms with Crippen LogP contribution in [0.25, 0.3) is 0 Å². The summed E-state index contributed by atoms with van der Waals surface area (Å²) >= 11 is 1.55. The lowest BCUT2D eigenvalue weighted by Gasteiger charge is -2.35. The second kappa shape index (κ2) is 6.69. The summed E-state index contributed by atoms with van der Waals surface area (Å²) in [4.78, 5) is 26.1. The normalized spacial score (nSPS) is 22.4. The molecule has 5 rings (SSSR count). The van der Waals surface area contributed by atoms with E-state index in [0.717, 1.165) is 42.2 Å². The van der Waals surface area contributed by atoms with Gasteiger partial charge in [0.15, 0.2) is 0 Å². The van der Waals surface area contributed by atoms with Crippen LogP contribution in [0.2, 0.25) is 0 Å². The molecule has 2 bridgehead atoms. The Morgan fingerprint density at radius 2 is 2.19 bits per heavy atom. The van der Waals surface area contributed by atoms with E-state index in [1.54, 1.807) is 16.8 Å². The number of carbonyl (C=O) groups is 1. The van der Waals surface area contributed by atoms with Crippen molar-refractivity contribution in [2.45, 2.75) is 39.3 Å². The van der Waals surface area contributed by atoms with Gasteiger partial charge in [0, 0.05) is 30.2 Å². The third-order valence-corrected chi connectivity index (χ3v) is 5.98. The van der Waals surface area contributed by atoms with Gasteiger partial charge in [0.2, 0.25) is 5.91 Å². The van der Waals surface area contributed by atoms with E-state index in [1.807, 2.05) is 30.2 Å². The summed E-state index contributed by atoms with van der Waals surface area (Å²) < 4.78 is 0. The zero-order chi connectivity index (χ0) is 18.3. The van der Waals surface area contributed by atoms with Gasteiger partial charge < -0.3 is 9.80 Å². The Kier molecular flexibility index (Phi) is 4.37. The van der Waals surface area contributed by atoms with Gasteiger partial charge in [-0.15, -0.1) is 11.3 Å². The van der Waals surface area contributed by atoms with Gasteiger partial charge in [-0.2, -0.15) is 5.26 Å². The fraction of sp³-hybridized carbons (Fsp3) is 0.474. The molecular weight excluding hydrogens is 346 g/mol. The number of piperidine rings is 1. The minimum Gasteiger partial charge on any atom is -0.353 e. The molecule has 3 aliphatic heterocycles. The van der Waals surface area contributed by atoms with Crippen molar-refractivity contribution in [2.24, 2.45) is 5.92 Å². The van der Waals surface area contributed by atoms with Crippen LogP contribution in [0.1, 0.15) is 35.4 Å². The van der Waals surface area contributed by atoms with Crippen molar-refractivity contribution in [3.63, 3.8) is 0 Å². The van der Waals surface area contributed by atoms with Crippen LogP contribution in [0, 0.1) is 31.1 Å². The summed E-state index contributed by atoms with van der Waals surface area (Å²) in [6.07, 6.45) is 1.89. The fourth-order valence-electron chi connectivity index (χ4n) is 4.10. The Hall–Kier alpha value is -2.46. The van der Waals surface area contributed by atoms with Crippen LogP contribution in [-0.2, 0) is 11.3 Å². The van der Waals surface area contributed by atoms with Gasteiger partial charge >= 0.3 is 0 Å². The molecule has 6 nitrogen and oxygen atoms in total. The number of amides is 1. The molecule has 5 heterocycles. The summed E-state index contributed by atoms with van der Waals surface area (Å²) in [7, 11) is 0. The molecular formula is C19H21N5OS. The third-order valence-electron chi connectivity index (χ3n) is 5.35. The molecule has 3 saturated heterocycles. The molecule has 7 heteroatoms. The summed E-state index contributed by atoms with van der Waals surface area (Å²) in [5.41, 5.74) is 5.22. The fourth-order valence-corrected chi connectivity index (χ4v) is 4.65. The van der Waals surface area contributed by atoms with Gasteiger partial charge in [-0.05, 0) is 38.3 Å². The molecule has 3 aliphatic rings. The Labute approximate surface area is 157 Å². The summed E-state index contributed by atoms with van der Waals surface area (Å²) in [5, 5.41) is 11.6. The molecule has 0 aromatic carbocycles. The molecule has 2 atom stereocenters. The molecule has 134 valence electrons. The Balaban J connectivity index is 1.67. The standard InChI is InChI=1S/C19H21N5OS/c1-12-5-13(2)22-18(17(12)6-20)23-7-14-3-4-16(9-23)24(19(14)25)8-15-10-26-11-21-15/h5,10-11,14,16H,3-4,7-9H2,1-2H3/t14-,16+/m1/s1. The van der Waals surface area contributed by atoms with Crippen LogP contribution < -0.4 is 4.90 Å². The highest BCUT2D eigenvalue weighted by molar-refractivity contribution is 7.07. The largest absolute Gasteiger partial charge is 0.353 e. The number of aromatic nitrogens is 2. The van der Waals surface area contributed by atoms with Gasteiger partial charge in [-0.25, -0.2) is 9.97 Å². The molecule has 0 N–H and O–H groups in total. The summed E-state index contributed by atoms with van der Waals surface area (Å²) in [6, 6.07) is 4.38. The van der Waals surface area contributed by atoms with E-state index in [2.05, 4.69) is 20.9 Å². The lowest BCUT2D eigenvalue weighted by Crippen LogP contribution is -2.47. The first-order valence-corrected chi connectivity index (χ1v) is 9.82. The maximum absolute atomic E-state index is 13.0. The average Bonchev–Trinajstić information content (AvgIpc) is 2.97. The zero-order valence-corrected chi connectivity index (χ0v) is 15.8. The predicted octanol–water partition coefficient (Wildman–Crippen LogP) is 2.65.